The highest BCUT2D eigenvalue weighted by Gasteiger charge is 2.37. The predicted molar refractivity (Wildman–Crippen MR) is 245 cm³/mol. The molecule has 5 nitrogen and oxygen atoms in total. The van der Waals surface area contributed by atoms with E-state index in [1.807, 2.05) is 17.5 Å². The molecule has 0 unspecified atom stereocenters. The van der Waals surface area contributed by atoms with E-state index in [9.17, 15) is 0 Å². The van der Waals surface area contributed by atoms with Crippen molar-refractivity contribution in [3.05, 3.63) is 175 Å². The monoisotopic (exact) mass is 774 g/mol. The van der Waals surface area contributed by atoms with Gasteiger partial charge in [0.05, 0.1) is 29.1 Å². The minimum absolute atomic E-state index is 0.0227. The largest absolute Gasteiger partial charge is 0.457 e. The van der Waals surface area contributed by atoms with E-state index >= 15 is 0 Å². The van der Waals surface area contributed by atoms with Gasteiger partial charge in [0.2, 0.25) is 0 Å². The maximum absolute atomic E-state index is 7.19. The lowest BCUT2D eigenvalue weighted by molar-refractivity contribution is 0.237. The highest BCUT2D eigenvalue weighted by Crippen LogP contribution is 2.49. The van der Waals surface area contributed by atoms with E-state index in [2.05, 4.69) is 208 Å². The van der Waals surface area contributed by atoms with Crippen LogP contribution in [0.4, 0.5) is 5.69 Å². The van der Waals surface area contributed by atoms with Crippen molar-refractivity contribution >= 4 is 70.4 Å². The Morgan fingerprint density at radius 3 is 2.00 bits per heavy atom. The molecule has 3 aromatic heterocycles. The highest BCUT2D eigenvalue weighted by atomic mass is 32.1. The van der Waals surface area contributed by atoms with Crippen LogP contribution in [0.15, 0.2) is 158 Å². The first kappa shape index (κ1) is 36.0. The maximum Gasteiger partial charge on any atom is 0.138 e. The molecular weight excluding hydrogens is 729 g/mol. The third kappa shape index (κ3) is 6.02. The summed E-state index contributed by atoms with van der Waals surface area (Å²) >= 11 is 1.84. The zero-order valence-corrected chi connectivity index (χ0v) is 34.6. The molecule has 6 heteroatoms. The molecule has 0 atom stereocenters. The van der Waals surface area contributed by atoms with E-state index in [-0.39, 0.29) is 11.0 Å². The molecule has 1 aliphatic heterocycles. The van der Waals surface area contributed by atoms with Gasteiger partial charge in [-0.2, -0.15) is 0 Å². The Kier molecular flexibility index (Phi) is 8.46. The van der Waals surface area contributed by atoms with Gasteiger partial charge in [-0.25, -0.2) is 4.98 Å². The number of thiophene rings is 1. The number of nitrogens with zero attached hydrogens (tertiary/aromatic N) is 4. The summed E-state index contributed by atoms with van der Waals surface area (Å²) in [6, 6.07) is 54.2. The summed E-state index contributed by atoms with van der Waals surface area (Å²) in [5.74, 6) is 2.51. The number of para-hydroxylation sites is 1. The lowest BCUT2D eigenvalue weighted by atomic mass is 9.88. The number of fused-ring (bicyclic) bond motifs is 7. The van der Waals surface area contributed by atoms with Crippen LogP contribution in [0.3, 0.4) is 0 Å². The van der Waals surface area contributed by atoms with Crippen LogP contribution >= 0.6 is 11.3 Å². The van der Waals surface area contributed by atoms with Crippen molar-refractivity contribution < 1.29 is 4.74 Å². The third-order valence-electron chi connectivity index (χ3n) is 11.4. The van der Waals surface area contributed by atoms with E-state index in [1.165, 1.54) is 53.6 Å². The lowest BCUT2D eigenvalue weighted by Gasteiger charge is -2.36. The summed E-state index contributed by atoms with van der Waals surface area (Å²) in [7, 11) is 0. The van der Waals surface area contributed by atoms with E-state index in [4.69, 9.17) is 9.72 Å². The molecule has 0 fully saturated rings. The first-order valence-corrected chi connectivity index (χ1v) is 20.9. The second kappa shape index (κ2) is 13.6. The predicted octanol–water partition coefficient (Wildman–Crippen LogP) is 14.0. The van der Waals surface area contributed by atoms with Crippen LogP contribution < -0.4 is 9.64 Å². The van der Waals surface area contributed by atoms with Gasteiger partial charge < -0.3 is 14.5 Å². The summed E-state index contributed by atoms with van der Waals surface area (Å²) in [6.45, 7) is 14.3. The first-order chi connectivity index (χ1) is 28.0. The fourth-order valence-corrected chi connectivity index (χ4v) is 9.82. The summed E-state index contributed by atoms with van der Waals surface area (Å²) < 4.78 is 12.0. The zero-order chi connectivity index (χ0) is 39.8. The Hall–Kier alpha value is -6.37. The standard InChI is InChI=1S/C52H46N4OS/c1-51(2,3)36-28-29-53-45(30-36)56-41-26-15-13-24-39(41)46-42(56)32-43(47-40-25-14-16-27-44(40)58-50(46)47)57-38-23-17-22-37(31-38)54-33-55(52(4,5)6)49(35-20-11-8-12-21-35)48(54)34-18-9-7-10-19-34/h7-32H,33H2,1-6H3. The first-order valence-electron chi connectivity index (χ1n) is 20.1. The van der Waals surface area contributed by atoms with Crippen molar-refractivity contribution in [2.75, 3.05) is 11.6 Å². The summed E-state index contributed by atoms with van der Waals surface area (Å²) in [6.07, 6.45) is 1.94. The lowest BCUT2D eigenvalue weighted by Crippen LogP contribution is -2.41. The Balaban J connectivity index is 1.17. The second-order valence-electron chi connectivity index (χ2n) is 17.3. The zero-order valence-electron chi connectivity index (χ0n) is 33.8. The van der Waals surface area contributed by atoms with E-state index < -0.39 is 0 Å². The van der Waals surface area contributed by atoms with Crippen molar-refractivity contribution in [3.8, 4) is 17.3 Å². The van der Waals surface area contributed by atoms with E-state index in [0.29, 0.717) is 6.67 Å². The van der Waals surface area contributed by atoms with Gasteiger partial charge >= 0.3 is 0 Å². The molecule has 0 aliphatic carbocycles. The molecule has 0 radical (unpaired) electrons. The smallest absolute Gasteiger partial charge is 0.138 e. The number of pyridine rings is 1. The average Bonchev–Trinajstić information content (AvgIpc) is 3.92. The van der Waals surface area contributed by atoms with Crippen molar-refractivity contribution in [2.45, 2.75) is 52.5 Å². The molecule has 286 valence electrons. The fraction of sp³-hybridized carbons (Fsp3) is 0.173. The molecule has 58 heavy (non-hydrogen) atoms. The van der Waals surface area contributed by atoms with Crippen molar-refractivity contribution in [1.82, 2.24) is 14.5 Å². The number of hydrogen-bond acceptors (Lipinski definition) is 5. The van der Waals surface area contributed by atoms with Crippen LogP contribution in [-0.4, -0.2) is 26.7 Å². The number of anilines is 1. The van der Waals surface area contributed by atoms with E-state index in [1.54, 1.807) is 0 Å². The molecule has 1 aliphatic rings. The summed E-state index contributed by atoms with van der Waals surface area (Å²) in [5.41, 5.74) is 9.14. The van der Waals surface area contributed by atoms with Gasteiger partial charge in [-0.05, 0) is 68.1 Å². The van der Waals surface area contributed by atoms with Crippen molar-refractivity contribution in [2.24, 2.45) is 0 Å². The summed E-state index contributed by atoms with van der Waals surface area (Å²) in [4.78, 5) is 9.95. The van der Waals surface area contributed by atoms with Gasteiger partial charge in [-0.15, -0.1) is 11.3 Å². The topological polar surface area (TPSA) is 33.5 Å². The van der Waals surface area contributed by atoms with Gasteiger partial charge in [-0.1, -0.05) is 124 Å². The van der Waals surface area contributed by atoms with E-state index in [0.717, 1.165) is 39.4 Å². The van der Waals surface area contributed by atoms with Gasteiger partial charge in [0.15, 0.2) is 0 Å². The Morgan fingerprint density at radius 2 is 1.28 bits per heavy atom. The van der Waals surface area contributed by atoms with Crippen LogP contribution in [0.1, 0.15) is 58.2 Å². The van der Waals surface area contributed by atoms with Gasteiger partial charge in [0, 0.05) is 71.6 Å². The van der Waals surface area contributed by atoms with Gasteiger partial charge in [0.1, 0.15) is 17.3 Å². The second-order valence-corrected chi connectivity index (χ2v) is 18.3. The number of ether oxygens (including phenoxy) is 1. The molecule has 9 aromatic rings. The van der Waals surface area contributed by atoms with Crippen LogP contribution in [-0.2, 0) is 5.41 Å². The molecule has 10 rings (SSSR count). The number of rotatable bonds is 6. The maximum atomic E-state index is 7.19. The molecule has 6 aromatic carbocycles. The van der Waals surface area contributed by atoms with Gasteiger partial charge in [0.25, 0.3) is 0 Å². The Morgan fingerprint density at radius 1 is 0.603 bits per heavy atom. The van der Waals surface area contributed by atoms with Crippen LogP contribution in [0, 0.1) is 0 Å². The molecule has 0 amide bonds. The minimum atomic E-state index is -0.130. The summed E-state index contributed by atoms with van der Waals surface area (Å²) in [5, 5.41) is 4.76. The molecule has 4 heterocycles. The Labute approximate surface area is 344 Å². The molecule has 0 N–H and O–H groups in total. The highest BCUT2D eigenvalue weighted by molar-refractivity contribution is 7.26. The molecule has 0 bridgehead atoms. The van der Waals surface area contributed by atoms with Crippen molar-refractivity contribution in [1.29, 1.82) is 0 Å². The number of aromatic nitrogens is 2. The van der Waals surface area contributed by atoms with Crippen LogP contribution in [0.25, 0.3) is 59.2 Å². The third-order valence-corrected chi connectivity index (χ3v) is 12.6. The van der Waals surface area contributed by atoms with Gasteiger partial charge in [-0.3, -0.25) is 4.57 Å². The number of hydrogen-bond donors (Lipinski definition) is 0. The Bertz CT molecular complexity index is 3040. The fourth-order valence-electron chi connectivity index (χ4n) is 8.55. The molecule has 0 saturated carbocycles. The minimum Gasteiger partial charge on any atom is -0.457 e. The number of benzene rings is 6. The quantitative estimate of drug-likeness (QED) is 0.168. The average molecular weight is 775 g/mol. The SMILES string of the molecule is CC(C)(C)c1ccnc(-n2c3ccccc3c3c4sc5ccccc5c4c(Oc4cccc(N5CN(C(C)(C)C)C(c6ccccc6)=C5c5ccccc5)c4)cc32)c1. The van der Waals surface area contributed by atoms with Crippen molar-refractivity contribution in [3.63, 3.8) is 0 Å². The molecular formula is C52H46N4OS. The molecule has 0 saturated heterocycles. The molecule has 0 spiro atoms. The van der Waals surface area contributed by atoms with Crippen LogP contribution in [0.5, 0.6) is 11.5 Å². The normalized spacial score (nSPS) is 13.8. The van der Waals surface area contributed by atoms with Crippen LogP contribution in [0.2, 0.25) is 0 Å².